The van der Waals surface area contributed by atoms with Crippen LogP contribution in [0.15, 0.2) is 29.3 Å². The normalized spacial score (nSPS) is 33.5. The second-order valence-electron chi connectivity index (χ2n) is 7.51. The van der Waals surface area contributed by atoms with Crippen LogP contribution in [0.3, 0.4) is 0 Å². The second-order valence-corrected chi connectivity index (χ2v) is 10.0. The zero-order chi connectivity index (χ0) is 22.3. The number of halogens is 2. The van der Waals surface area contributed by atoms with Gasteiger partial charge in [0, 0.05) is 10.6 Å². The number of aliphatic hydroxyl groups excluding tert-OH is 3. The molecule has 31 heavy (non-hydrogen) atoms. The Kier molecular flexibility index (Phi) is 6.50. The summed E-state index contributed by atoms with van der Waals surface area (Å²) in [4.78, 5) is 12.2. The van der Waals surface area contributed by atoms with Crippen molar-refractivity contribution in [1.29, 1.82) is 0 Å². The van der Waals surface area contributed by atoms with Gasteiger partial charge in [0.2, 0.25) is 0 Å². The molecule has 2 saturated heterocycles. The molecular weight excluding hydrogens is 471 g/mol. The minimum absolute atomic E-state index is 0.0729. The van der Waals surface area contributed by atoms with E-state index in [1.165, 1.54) is 22.9 Å². The third-order valence-corrected chi connectivity index (χ3v) is 7.77. The Balaban J connectivity index is 1.60. The smallest absolute Gasteiger partial charge is 0.279 e. The Morgan fingerprint density at radius 3 is 2.87 bits per heavy atom. The molecule has 2 fully saturated rings. The predicted molar refractivity (Wildman–Crippen MR) is 112 cm³/mol. The fourth-order valence-electron chi connectivity index (χ4n) is 3.48. The van der Waals surface area contributed by atoms with Crippen LogP contribution >= 0.6 is 35.1 Å². The van der Waals surface area contributed by atoms with E-state index in [4.69, 9.17) is 16.3 Å². The SMILES string of the molecule is CC1(c2cn(C3C(O)[C@@H](Sc4ccc(F)c(Cl)c4)OC(CO)[C@@H]3O)nn2)CSC(=O)N1. The Labute approximate surface area is 190 Å². The zero-order valence-corrected chi connectivity index (χ0v) is 18.6. The third kappa shape index (κ3) is 4.42. The van der Waals surface area contributed by atoms with E-state index in [0.717, 1.165) is 23.5 Å². The van der Waals surface area contributed by atoms with E-state index in [-0.39, 0.29) is 10.3 Å². The van der Waals surface area contributed by atoms with Crippen LogP contribution in [0.4, 0.5) is 9.18 Å². The molecule has 3 heterocycles. The van der Waals surface area contributed by atoms with Gasteiger partial charge in [0.15, 0.2) is 0 Å². The number of carbonyl (C=O) groups is 1. The summed E-state index contributed by atoms with van der Waals surface area (Å²) >= 11 is 8.05. The number of rotatable bonds is 5. The summed E-state index contributed by atoms with van der Waals surface area (Å²) in [6, 6.07) is 3.12. The third-order valence-electron chi connectivity index (χ3n) is 5.24. The molecule has 4 N–H and O–H groups in total. The van der Waals surface area contributed by atoms with Crippen LogP contribution in [0.25, 0.3) is 0 Å². The first-order chi connectivity index (χ1) is 14.7. The number of hydrogen-bond donors (Lipinski definition) is 4. The molecular formula is C18H20ClFN4O5S2. The number of nitrogens with one attached hydrogen (secondary N) is 1. The number of aliphatic hydroxyl groups is 3. The Hall–Kier alpha value is -1.41. The van der Waals surface area contributed by atoms with Crippen LogP contribution in [-0.2, 0) is 10.3 Å². The van der Waals surface area contributed by atoms with Crippen LogP contribution in [0.1, 0.15) is 18.7 Å². The van der Waals surface area contributed by atoms with Gasteiger partial charge in [-0.15, -0.1) is 5.10 Å². The van der Waals surface area contributed by atoms with Crippen LogP contribution in [0.2, 0.25) is 5.02 Å². The van der Waals surface area contributed by atoms with Crippen LogP contribution in [-0.4, -0.2) is 71.7 Å². The van der Waals surface area contributed by atoms with E-state index in [1.807, 2.05) is 6.92 Å². The van der Waals surface area contributed by atoms with Gasteiger partial charge >= 0.3 is 0 Å². The van der Waals surface area contributed by atoms with Crippen molar-refractivity contribution in [3.8, 4) is 0 Å². The molecule has 0 aliphatic carbocycles. The minimum Gasteiger partial charge on any atom is -0.394 e. The maximum atomic E-state index is 13.5. The molecule has 0 saturated carbocycles. The summed E-state index contributed by atoms with van der Waals surface area (Å²) in [5, 5.41) is 42.1. The number of ether oxygens (including phenoxy) is 1. The van der Waals surface area contributed by atoms with E-state index in [1.54, 1.807) is 6.20 Å². The molecule has 2 aliphatic heterocycles. The van der Waals surface area contributed by atoms with E-state index in [2.05, 4.69) is 15.6 Å². The fraction of sp³-hybridized carbons (Fsp3) is 0.500. The van der Waals surface area contributed by atoms with E-state index in [0.29, 0.717) is 16.3 Å². The lowest BCUT2D eigenvalue weighted by atomic mass is 9.97. The molecule has 4 rings (SSSR count). The number of nitrogens with zero attached hydrogens (tertiary/aromatic N) is 3. The molecule has 0 radical (unpaired) electrons. The van der Waals surface area contributed by atoms with Gasteiger partial charge in [-0.1, -0.05) is 40.3 Å². The molecule has 1 aromatic heterocycles. The van der Waals surface area contributed by atoms with Gasteiger partial charge in [0.05, 0.1) is 23.4 Å². The largest absolute Gasteiger partial charge is 0.394 e. The van der Waals surface area contributed by atoms with E-state index < -0.39 is 47.8 Å². The number of thioether (sulfide) groups is 2. The van der Waals surface area contributed by atoms with E-state index >= 15 is 0 Å². The lowest BCUT2D eigenvalue weighted by Crippen LogP contribution is -2.55. The maximum absolute atomic E-state index is 13.5. The van der Waals surface area contributed by atoms with E-state index in [9.17, 15) is 24.5 Å². The molecule has 2 aliphatic rings. The topological polar surface area (TPSA) is 130 Å². The molecule has 9 nitrogen and oxygen atoms in total. The van der Waals surface area contributed by atoms with Crippen molar-refractivity contribution in [2.75, 3.05) is 12.4 Å². The monoisotopic (exact) mass is 490 g/mol. The fourth-order valence-corrected chi connectivity index (χ4v) is 5.76. The van der Waals surface area contributed by atoms with Gasteiger partial charge in [-0.2, -0.15) is 0 Å². The first-order valence-electron chi connectivity index (χ1n) is 9.33. The highest BCUT2D eigenvalue weighted by Crippen LogP contribution is 2.39. The van der Waals surface area contributed by atoms with Gasteiger partial charge in [0.25, 0.3) is 5.24 Å². The molecule has 6 atom stereocenters. The lowest BCUT2D eigenvalue weighted by Gasteiger charge is -2.41. The van der Waals surface area contributed by atoms with Gasteiger partial charge in [-0.05, 0) is 25.1 Å². The molecule has 0 bridgehead atoms. The van der Waals surface area contributed by atoms with Gasteiger partial charge in [0.1, 0.15) is 41.3 Å². The standard InChI is InChI=1S/C18H20ClFN4O5S2/c1-18(7-30-17(28)21-18)12-5-24(23-22-12)13-14(26)11(6-25)29-16(15(13)27)31-8-2-3-10(20)9(19)4-8/h2-5,11,13-16,25-27H,6-7H2,1H3,(H,21,28)/t11?,13?,14-,15?,16+,18?/m0/s1. The Morgan fingerprint density at radius 1 is 1.45 bits per heavy atom. The average Bonchev–Trinajstić information content (AvgIpc) is 3.35. The van der Waals surface area contributed by atoms with Gasteiger partial charge in [-0.25, -0.2) is 9.07 Å². The number of hydrogen-bond acceptors (Lipinski definition) is 9. The highest BCUT2D eigenvalue weighted by atomic mass is 35.5. The minimum atomic E-state index is -1.27. The van der Waals surface area contributed by atoms with Crippen molar-refractivity contribution in [3.63, 3.8) is 0 Å². The summed E-state index contributed by atoms with van der Waals surface area (Å²) in [6.45, 7) is 1.32. The van der Waals surface area contributed by atoms with Crippen molar-refractivity contribution >= 4 is 40.4 Å². The second kappa shape index (κ2) is 8.85. The van der Waals surface area contributed by atoms with Crippen molar-refractivity contribution in [2.45, 2.75) is 47.1 Å². The molecule has 1 aromatic carbocycles. The maximum Gasteiger partial charge on any atom is 0.279 e. The molecule has 13 heteroatoms. The average molecular weight is 491 g/mol. The summed E-state index contributed by atoms with van der Waals surface area (Å²) in [5.74, 6) is -0.106. The Morgan fingerprint density at radius 2 is 2.23 bits per heavy atom. The van der Waals surface area contributed by atoms with Crippen molar-refractivity contribution in [2.24, 2.45) is 0 Å². The lowest BCUT2D eigenvalue weighted by molar-refractivity contribution is -0.178. The summed E-state index contributed by atoms with van der Waals surface area (Å²) in [5.41, 5.74) is -1.15. The quantitative estimate of drug-likeness (QED) is 0.492. The van der Waals surface area contributed by atoms with Crippen molar-refractivity contribution in [3.05, 3.63) is 40.9 Å². The number of carbonyl (C=O) groups excluding carboxylic acids is 1. The highest BCUT2D eigenvalue weighted by Gasteiger charge is 2.47. The molecule has 4 unspecified atom stereocenters. The first-order valence-corrected chi connectivity index (χ1v) is 11.6. The van der Waals surface area contributed by atoms with Crippen LogP contribution < -0.4 is 5.32 Å². The van der Waals surface area contributed by atoms with Crippen LogP contribution in [0.5, 0.6) is 0 Å². The first kappa shape index (κ1) is 22.8. The van der Waals surface area contributed by atoms with Crippen LogP contribution in [0, 0.1) is 5.82 Å². The number of aromatic nitrogens is 3. The molecule has 0 spiro atoms. The summed E-state index contributed by atoms with van der Waals surface area (Å²) < 4.78 is 20.5. The summed E-state index contributed by atoms with van der Waals surface area (Å²) in [7, 11) is 0. The number of benzene rings is 1. The van der Waals surface area contributed by atoms with Gasteiger partial charge < -0.3 is 25.4 Å². The zero-order valence-electron chi connectivity index (χ0n) is 16.2. The highest BCUT2D eigenvalue weighted by molar-refractivity contribution is 8.14. The molecule has 168 valence electrons. The number of amides is 1. The van der Waals surface area contributed by atoms with Crippen molar-refractivity contribution in [1.82, 2.24) is 20.3 Å². The Bertz CT molecular complexity index is 984. The summed E-state index contributed by atoms with van der Waals surface area (Å²) in [6.07, 6.45) is -1.96. The van der Waals surface area contributed by atoms with Crippen molar-refractivity contribution < 1.29 is 29.2 Å². The molecule has 2 aromatic rings. The van der Waals surface area contributed by atoms with Gasteiger partial charge in [-0.3, -0.25) is 4.79 Å². The predicted octanol–water partition coefficient (Wildman–Crippen LogP) is 1.51. The molecule has 1 amide bonds.